The summed E-state index contributed by atoms with van der Waals surface area (Å²) in [6, 6.07) is 1.78. The van der Waals surface area contributed by atoms with E-state index in [1.165, 1.54) is 11.3 Å². The molecule has 7 heteroatoms. The third-order valence-corrected chi connectivity index (χ3v) is 7.63. The second kappa shape index (κ2) is 8.62. The minimum Gasteiger partial charge on any atom is -0.312 e. The van der Waals surface area contributed by atoms with Gasteiger partial charge in [-0.25, -0.2) is 8.42 Å². The van der Waals surface area contributed by atoms with Crippen molar-refractivity contribution < 1.29 is 8.42 Å². The topological polar surface area (TPSA) is 49.4 Å². The molecule has 0 saturated heterocycles. The predicted octanol–water partition coefficient (Wildman–Crippen LogP) is 3.68. The number of hydrogen-bond donors (Lipinski definition) is 1. The van der Waals surface area contributed by atoms with Crippen molar-refractivity contribution in [1.29, 1.82) is 0 Å². The van der Waals surface area contributed by atoms with E-state index in [9.17, 15) is 8.42 Å². The fourth-order valence-corrected chi connectivity index (χ4v) is 6.09. The van der Waals surface area contributed by atoms with Crippen molar-refractivity contribution in [3.05, 3.63) is 14.7 Å². The standard InChI is InChI=1S/C14H25BrN2O2S2/c1-5-11(4)10-17(7-3)21(18,19)13-8-12(9-16-6-2)20-14(13)15/h8,11,16H,5-7,9-10H2,1-4H3. The molecule has 21 heavy (non-hydrogen) atoms. The van der Waals surface area contributed by atoms with Crippen LogP contribution in [0.4, 0.5) is 0 Å². The summed E-state index contributed by atoms with van der Waals surface area (Å²) in [6.45, 7) is 10.7. The van der Waals surface area contributed by atoms with Crippen LogP contribution in [0.1, 0.15) is 39.0 Å². The molecule has 0 aliphatic carbocycles. The SMILES string of the molecule is CCNCc1cc(S(=O)(=O)N(CC)CC(C)CC)c(Br)s1. The molecular formula is C14H25BrN2O2S2. The highest BCUT2D eigenvalue weighted by Crippen LogP contribution is 2.33. The highest BCUT2D eigenvalue weighted by molar-refractivity contribution is 9.11. The van der Waals surface area contributed by atoms with Gasteiger partial charge in [-0.2, -0.15) is 4.31 Å². The lowest BCUT2D eigenvalue weighted by Gasteiger charge is -2.23. The van der Waals surface area contributed by atoms with Crippen molar-refractivity contribution in [1.82, 2.24) is 9.62 Å². The monoisotopic (exact) mass is 396 g/mol. The van der Waals surface area contributed by atoms with Crippen molar-refractivity contribution in [2.45, 2.75) is 45.6 Å². The van der Waals surface area contributed by atoms with Gasteiger partial charge in [-0.15, -0.1) is 11.3 Å². The molecule has 1 rings (SSSR count). The van der Waals surface area contributed by atoms with Crippen LogP contribution in [0.3, 0.4) is 0 Å². The molecule has 1 heterocycles. The van der Waals surface area contributed by atoms with E-state index in [1.54, 1.807) is 10.4 Å². The molecule has 0 bridgehead atoms. The zero-order valence-corrected chi connectivity index (χ0v) is 16.4. The maximum Gasteiger partial charge on any atom is 0.245 e. The third-order valence-electron chi connectivity index (χ3n) is 3.44. The van der Waals surface area contributed by atoms with Crippen molar-refractivity contribution in [2.24, 2.45) is 5.92 Å². The van der Waals surface area contributed by atoms with Crippen LogP contribution in [0.5, 0.6) is 0 Å². The quantitative estimate of drug-likeness (QED) is 0.692. The summed E-state index contributed by atoms with van der Waals surface area (Å²) in [4.78, 5) is 1.42. The van der Waals surface area contributed by atoms with Gasteiger partial charge in [0.2, 0.25) is 10.0 Å². The van der Waals surface area contributed by atoms with Gasteiger partial charge in [0.25, 0.3) is 0 Å². The molecule has 0 fully saturated rings. The van der Waals surface area contributed by atoms with Gasteiger partial charge in [-0.05, 0) is 34.5 Å². The molecule has 4 nitrogen and oxygen atoms in total. The highest BCUT2D eigenvalue weighted by atomic mass is 79.9. The lowest BCUT2D eigenvalue weighted by molar-refractivity contribution is 0.361. The van der Waals surface area contributed by atoms with Crippen LogP contribution in [0.15, 0.2) is 14.7 Å². The average molecular weight is 397 g/mol. The maximum absolute atomic E-state index is 12.8. The number of nitrogens with one attached hydrogen (secondary N) is 1. The van der Waals surface area contributed by atoms with Gasteiger partial charge in [0.05, 0.1) is 3.79 Å². The molecule has 0 aliphatic heterocycles. The van der Waals surface area contributed by atoms with Crippen LogP contribution in [0.25, 0.3) is 0 Å². The van der Waals surface area contributed by atoms with E-state index in [-0.39, 0.29) is 0 Å². The van der Waals surface area contributed by atoms with Crippen LogP contribution >= 0.6 is 27.3 Å². The van der Waals surface area contributed by atoms with Crippen LogP contribution in [0, 0.1) is 5.92 Å². The fourth-order valence-electron chi connectivity index (χ4n) is 1.92. The van der Waals surface area contributed by atoms with Crippen molar-refractivity contribution >= 4 is 37.3 Å². The zero-order valence-electron chi connectivity index (χ0n) is 13.1. The summed E-state index contributed by atoms with van der Waals surface area (Å²) in [5, 5.41) is 3.22. The van der Waals surface area contributed by atoms with Crippen LogP contribution in [0.2, 0.25) is 0 Å². The Kier molecular flexibility index (Phi) is 7.84. The van der Waals surface area contributed by atoms with Crippen LogP contribution < -0.4 is 5.32 Å². The van der Waals surface area contributed by atoms with Gasteiger partial charge in [0.15, 0.2) is 0 Å². The largest absolute Gasteiger partial charge is 0.312 e. The van der Waals surface area contributed by atoms with E-state index in [2.05, 4.69) is 35.1 Å². The van der Waals surface area contributed by atoms with E-state index < -0.39 is 10.0 Å². The van der Waals surface area contributed by atoms with Gasteiger partial charge < -0.3 is 5.32 Å². The summed E-state index contributed by atoms with van der Waals surface area (Å²) >= 11 is 4.89. The lowest BCUT2D eigenvalue weighted by Crippen LogP contribution is -2.34. The maximum atomic E-state index is 12.8. The molecule has 0 aromatic carbocycles. The Morgan fingerprint density at radius 3 is 2.57 bits per heavy atom. The molecule has 0 amide bonds. The van der Waals surface area contributed by atoms with Crippen LogP contribution in [-0.4, -0.2) is 32.4 Å². The molecule has 0 saturated carbocycles. The summed E-state index contributed by atoms with van der Waals surface area (Å²) in [5.41, 5.74) is 0. The molecule has 1 N–H and O–H groups in total. The highest BCUT2D eigenvalue weighted by Gasteiger charge is 2.28. The van der Waals surface area contributed by atoms with E-state index in [0.717, 1.165) is 17.8 Å². The molecule has 1 aromatic heterocycles. The normalized spacial score (nSPS) is 13.8. The second-order valence-electron chi connectivity index (χ2n) is 5.10. The first kappa shape index (κ1) is 19.1. The first-order valence-corrected chi connectivity index (χ1v) is 10.4. The number of hydrogen-bond acceptors (Lipinski definition) is 4. The number of thiophene rings is 1. The van der Waals surface area contributed by atoms with Gasteiger partial charge in [0.1, 0.15) is 4.90 Å². The first-order chi connectivity index (χ1) is 9.86. The van der Waals surface area contributed by atoms with Gasteiger partial charge in [-0.3, -0.25) is 0 Å². The van der Waals surface area contributed by atoms with Gasteiger partial charge in [-0.1, -0.05) is 34.1 Å². The number of sulfonamides is 1. The van der Waals surface area contributed by atoms with Crippen molar-refractivity contribution in [2.75, 3.05) is 19.6 Å². The van der Waals surface area contributed by atoms with E-state index >= 15 is 0 Å². The number of rotatable bonds is 9. The third kappa shape index (κ3) is 5.03. The van der Waals surface area contributed by atoms with E-state index in [0.29, 0.717) is 34.2 Å². The van der Waals surface area contributed by atoms with Gasteiger partial charge in [0, 0.05) is 24.5 Å². The molecular weight excluding hydrogens is 372 g/mol. The summed E-state index contributed by atoms with van der Waals surface area (Å²) in [5.74, 6) is 0.360. The smallest absolute Gasteiger partial charge is 0.245 e. The minimum atomic E-state index is -3.42. The summed E-state index contributed by atoms with van der Waals surface area (Å²) in [7, 11) is -3.42. The molecule has 0 aliphatic rings. The Morgan fingerprint density at radius 2 is 2.05 bits per heavy atom. The Bertz CT molecular complexity index is 543. The van der Waals surface area contributed by atoms with Crippen molar-refractivity contribution in [3.63, 3.8) is 0 Å². The zero-order chi connectivity index (χ0) is 16.0. The summed E-state index contributed by atoms with van der Waals surface area (Å²) in [6.07, 6.45) is 0.975. The first-order valence-electron chi connectivity index (χ1n) is 7.35. The van der Waals surface area contributed by atoms with E-state index in [1.807, 2.05) is 13.8 Å². The van der Waals surface area contributed by atoms with Gasteiger partial charge >= 0.3 is 0 Å². The number of nitrogens with zero attached hydrogens (tertiary/aromatic N) is 1. The Hall–Kier alpha value is 0.0500. The average Bonchev–Trinajstić information content (AvgIpc) is 2.83. The molecule has 0 radical (unpaired) electrons. The molecule has 0 spiro atoms. The molecule has 1 atom stereocenters. The van der Waals surface area contributed by atoms with Crippen molar-refractivity contribution in [3.8, 4) is 0 Å². The Balaban J connectivity index is 3.02. The fraction of sp³-hybridized carbons (Fsp3) is 0.714. The Labute approximate surface area is 141 Å². The Morgan fingerprint density at radius 1 is 1.38 bits per heavy atom. The van der Waals surface area contributed by atoms with E-state index in [4.69, 9.17) is 0 Å². The second-order valence-corrected chi connectivity index (χ2v) is 9.46. The predicted molar refractivity (Wildman–Crippen MR) is 93.3 cm³/mol. The number of halogens is 1. The molecule has 1 unspecified atom stereocenters. The molecule has 122 valence electrons. The summed E-state index contributed by atoms with van der Waals surface area (Å²) < 4.78 is 27.9. The van der Waals surface area contributed by atoms with Crippen LogP contribution in [-0.2, 0) is 16.6 Å². The lowest BCUT2D eigenvalue weighted by atomic mass is 10.1. The molecule has 1 aromatic rings. The minimum absolute atomic E-state index is 0.360.